The predicted molar refractivity (Wildman–Crippen MR) is 65.9 cm³/mol. The fourth-order valence-electron chi connectivity index (χ4n) is 2.60. The molecule has 1 aliphatic rings. The Morgan fingerprint density at radius 3 is 2.05 bits per heavy atom. The van der Waals surface area contributed by atoms with Gasteiger partial charge in [-0.2, -0.15) is 26.3 Å². The molecule has 116 valence electrons. The Bertz CT molecular complexity index is 717. The molecule has 0 spiro atoms. The fraction of sp³-hybridized carbons (Fsp3) is 0.200. The second-order valence-electron chi connectivity index (χ2n) is 4.83. The van der Waals surface area contributed by atoms with Gasteiger partial charge in [-0.25, -0.2) is 0 Å². The third kappa shape index (κ3) is 2.30. The summed E-state index contributed by atoms with van der Waals surface area (Å²) in [6.07, 6.45) is -9.76. The van der Waals surface area contributed by atoms with E-state index in [2.05, 4.69) is 0 Å². The molecule has 7 heteroatoms. The normalized spacial score (nSPS) is 17.5. The minimum Gasteiger partial charge on any atom is -0.457 e. The van der Waals surface area contributed by atoms with Crippen LogP contribution in [0.3, 0.4) is 0 Å². The van der Waals surface area contributed by atoms with Crippen molar-refractivity contribution in [3.8, 4) is 11.5 Å². The third-order valence-electron chi connectivity index (χ3n) is 3.44. The number of ether oxygens (including phenoxy) is 1. The highest BCUT2D eigenvalue weighted by molar-refractivity contribution is 5.57. The lowest BCUT2D eigenvalue weighted by Gasteiger charge is -2.31. The lowest BCUT2D eigenvalue weighted by molar-refractivity contribution is -0.151. The number of hydrogen-bond acceptors (Lipinski definition) is 1. The first-order chi connectivity index (χ1) is 10.2. The number of fused-ring (bicyclic) bond motifs is 2. The molecule has 1 nitrogen and oxygen atoms in total. The summed E-state index contributed by atoms with van der Waals surface area (Å²) >= 11 is 0. The first-order valence-electron chi connectivity index (χ1n) is 6.23. The SMILES string of the molecule is FC(F)(F)c1cccc2c1C(C(F)(F)F)c1ccccc1O2. The van der Waals surface area contributed by atoms with Gasteiger partial charge < -0.3 is 4.74 Å². The van der Waals surface area contributed by atoms with E-state index in [1.807, 2.05) is 0 Å². The number of hydrogen-bond donors (Lipinski definition) is 0. The predicted octanol–water partition coefficient (Wildman–Crippen LogP) is 5.51. The van der Waals surface area contributed by atoms with E-state index >= 15 is 0 Å². The summed E-state index contributed by atoms with van der Waals surface area (Å²) in [5.41, 5.74) is -2.54. The maximum atomic E-state index is 13.4. The molecule has 0 saturated heterocycles. The van der Waals surface area contributed by atoms with Crippen molar-refractivity contribution in [2.24, 2.45) is 0 Å². The number of halogens is 6. The van der Waals surface area contributed by atoms with Crippen LogP contribution in [0, 0.1) is 0 Å². The summed E-state index contributed by atoms with van der Waals surface area (Å²) in [6, 6.07) is 8.00. The van der Waals surface area contributed by atoms with Crippen LogP contribution in [0.25, 0.3) is 0 Å². The molecular weight excluding hydrogens is 310 g/mol. The smallest absolute Gasteiger partial charge is 0.416 e. The molecular formula is C15H8F6O. The molecule has 0 radical (unpaired) electrons. The van der Waals surface area contributed by atoms with Gasteiger partial charge in [-0.3, -0.25) is 0 Å². The van der Waals surface area contributed by atoms with Crippen LogP contribution in [-0.2, 0) is 6.18 Å². The summed E-state index contributed by atoms with van der Waals surface area (Å²) in [5, 5.41) is 0. The number of para-hydroxylation sites is 1. The topological polar surface area (TPSA) is 9.23 Å². The van der Waals surface area contributed by atoms with E-state index in [4.69, 9.17) is 4.74 Å². The van der Waals surface area contributed by atoms with Crippen LogP contribution >= 0.6 is 0 Å². The standard InChI is InChI=1S/C15H8F6O/c16-14(17,18)9-5-3-7-11-12(9)13(15(19,20)21)8-4-1-2-6-10(8)22-11/h1-7,13H. The third-order valence-corrected chi connectivity index (χ3v) is 3.44. The van der Waals surface area contributed by atoms with Crippen molar-refractivity contribution in [3.05, 3.63) is 59.2 Å². The van der Waals surface area contributed by atoms with Gasteiger partial charge in [-0.05, 0) is 18.2 Å². The summed E-state index contributed by atoms with van der Waals surface area (Å²) in [4.78, 5) is 0. The minimum atomic E-state index is -4.90. The zero-order chi connectivity index (χ0) is 16.1. The highest BCUT2D eigenvalue weighted by atomic mass is 19.4. The quantitative estimate of drug-likeness (QED) is 0.582. The molecule has 0 aliphatic carbocycles. The second-order valence-corrected chi connectivity index (χ2v) is 4.83. The molecule has 3 rings (SSSR count). The second kappa shape index (κ2) is 4.66. The van der Waals surface area contributed by atoms with Gasteiger partial charge in [0.1, 0.15) is 17.4 Å². The monoisotopic (exact) mass is 318 g/mol. The van der Waals surface area contributed by atoms with Crippen LogP contribution in [0.4, 0.5) is 26.3 Å². The Balaban J connectivity index is 2.32. The van der Waals surface area contributed by atoms with Crippen LogP contribution in [0.5, 0.6) is 11.5 Å². The Morgan fingerprint density at radius 1 is 0.773 bits per heavy atom. The van der Waals surface area contributed by atoms with Crippen LogP contribution in [0.15, 0.2) is 42.5 Å². The van der Waals surface area contributed by atoms with Crippen molar-refractivity contribution in [1.29, 1.82) is 0 Å². The molecule has 2 aromatic carbocycles. The maximum absolute atomic E-state index is 13.4. The summed E-state index contributed by atoms with van der Waals surface area (Å²) in [6.45, 7) is 0. The molecule has 0 bridgehead atoms. The van der Waals surface area contributed by atoms with Crippen molar-refractivity contribution < 1.29 is 31.1 Å². The molecule has 1 atom stereocenters. The number of alkyl halides is 6. The van der Waals surface area contributed by atoms with E-state index in [0.29, 0.717) is 6.07 Å². The van der Waals surface area contributed by atoms with E-state index in [1.54, 1.807) is 0 Å². The van der Waals surface area contributed by atoms with E-state index in [1.165, 1.54) is 18.2 Å². The highest BCUT2D eigenvalue weighted by Crippen LogP contribution is 2.54. The van der Waals surface area contributed by atoms with Crippen molar-refractivity contribution >= 4 is 0 Å². The number of rotatable bonds is 0. The lowest BCUT2D eigenvalue weighted by Crippen LogP contribution is -2.28. The molecule has 1 unspecified atom stereocenters. The molecule has 2 aromatic rings. The zero-order valence-electron chi connectivity index (χ0n) is 10.8. The average molecular weight is 318 g/mol. The first kappa shape index (κ1) is 14.7. The summed E-state index contributed by atoms with van der Waals surface area (Å²) < 4.78 is 84.8. The Morgan fingerprint density at radius 2 is 1.41 bits per heavy atom. The molecule has 1 heterocycles. The highest BCUT2D eigenvalue weighted by Gasteiger charge is 2.50. The van der Waals surface area contributed by atoms with E-state index < -0.39 is 35.1 Å². The largest absolute Gasteiger partial charge is 0.457 e. The van der Waals surface area contributed by atoms with Gasteiger partial charge in [-0.1, -0.05) is 24.3 Å². The van der Waals surface area contributed by atoms with E-state index in [0.717, 1.165) is 18.2 Å². The molecule has 0 N–H and O–H groups in total. The van der Waals surface area contributed by atoms with Crippen molar-refractivity contribution in [2.45, 2.75) is 18.3 Å². The van der Waals surface area contributed by atoms with Crippen molar-refractivity contribution in [3.63, 3.8) is 0 Å². The molecule has 1 aliphatic heterocycles. The molecule has 0 aromatic heterocycles. The summed E-state index contributed by atoms with van der Waals surface area (Å²) in [7, 11) is 0. The molecule has 0 amide bonds. The Labute approximate surface area is 121 Å². The van der Waals surface area contributed by atoms with Crippen LogP contribution in [0.1, 0.15) is 22.6 Å². The van der Waals surface area contributed by atoms with Gasteiger partial charge in [0.25, 0.3) is 0 Å². The van der Waals surface area contributed by atoms with Gasteiger partial charge >= 0.3 is 12.4 Å². The average Bonchev–Trinajstić information content (AvgIpc) is 2.41. The van der Waals surface area contributed by atoms with E-state index in [9.17, 15) is 26.3 Å². The van der Waals surface area contributed by atoms with Gasteiger partial charge in [0.2, 0.25) is 0 Å². The number of benzene rings is 2. The van der Waals surface area contributed by atoms with Crippen LogP contribution in [-0.4, -0.2) is 6.18 Å². The van der Waals surface area contributed by atoms with E-state index in [-0.39, 0.29) is 11.3 Å². The van der Waals surface area contributed by atoms with Crippen LogP contribution in [0.2, 0.25) is 0 Å². The minimum absolute atomic E-state index is 0.0864. The molecule has 22 heavy (non-hydrogen) atoms. The molecule has 0 saturated carbocycles. The van der Waals surface area contributed by atoms with Crippen molar-refractivity contribution in [1.82, 2.24) is 0 Å². The van der Waals surface area contributed by atoms with Gasteiger partial charge in [0.15, 0.2) is 0 Å². The van der Waals surface area contributed by atoms with Crippen LogP contribution < -0.4 is 4.74 Å². The lowest BCUT2D eigenvalue weighted by atomic mass is 9.84. The maximum Gasteiger partial charge on any atom is 0.416 e. The van der Waals surface area contributed by atoms with Gasteiger partial charge in [0.05, 0.1) is 5.56 Å². The summed E-state index contributed by atoms with van der Waals surface area (Å²) in [5.74, 6) is -2.88. The molecule has 0 fully saturated rings. The van der Waals surface area contributed by atoms with Crippen molar-refractivity contribution in [2.75, 3.05) is 0 Å². The Kier molecular flexibility index (Phi) is 3.12. The first-order valence-corrected chi connectivity index (χ1v) is 6.23. The fourth-order valence-corrected chi connectivity index (χ4v) is 2.60. The Hall–Kier alpha value is -2.18. The van der Waals surface area contributed by atoms with Gasteiger partial charge in [0, 0.05) is 11.1 Å². The van der Waals surface area contributed by atoms with Gasteiger partial charge in [-0.15, -0.1) is 0 Å². The zero-order valence-corrected chi connectivity index (χ0v) is 10.8.